The average Bonchev–Trinajstić information content (AvgIpc) is 2.80. The van der Waals surface area contributed by atoms with Crippen LogP contribution in [0.25, 0.3) is 0 Å². The zero-order valence-corrected chi connectivity index (χ0v) is 16.9. The van der Waals surface area contributed by atoms with Gasteiger partial charge in [0.05, 0.1) is 23.7 Å². The third-order valence-corrected chi connectivity index (χ3v) is 7.07. The maximum atomic E-state index is 11.5. The molecule has 0 radical (unpaired) electrons. The molecule has 6 atom stereocenters. The van der Waals surface area contributed by atoms with E-state index in [1.54, 1.807) is 12.2 Å². The lowest BCUT2D eigenvalue weighted by Gasteiger charge is -2.63. The zero-order chi connectivity index (χ0) is 19.5. The van der Waals surface area contributed by atoms with Crippen molar-refractivity contribution in [2.45, 2.75) is 78.5 Å². The Bertz CT molecular complexity index is 595. The molecular weight excluding hydrogens is 331 g/mol. The van der Waals surface area contributed by atoms with Gasteiger partial charge in [-0.25, -0.2) is 0 Å². The van der Waals surface area contributed by atoms with Crippen molar-refractivity contribution in [2.75, 3.05) is 0 Å². The normalized spacial score (nSPS) is 38.0. The molecule has 1 heterocycles. The molecule has 0 spiro atoms. The van der Waals surface area contributed by atoms with Crippen LogP contribution >= 0.6 is 0 Å². The summed E-state index contributed by atoms with van der Waals surface area (Å²) in [6, 6.07) is 0. The molecule has 1 aliphatic heterocycles. The third-order valence-electron chi connectivity index (χ3n) is 7.07. The quantitative estimate of drug-likeness (QED) is 0.578. The van der Waals surface area contributed by atoms with Crippen molar-refractivity contribution in [1.29, 1.82) is 0 Å². The van der Waals surface area contributed by atoms with E-state index < -0.39 is 23.4 Å². The Hall–Kier alpha value is -0.845. The van der Waals surface area contributed by atoms with E-state index in [-0.39, 0.29) is 18.8 Å². The summed E-state index contributed by atoms with van der Waals surface area (Å²) < 4.78 is 12.5. The number of aliphatic carboxylic acids is 1. The predicted octanol–water partition coefficient (Wildman–Crippen LogP) is 3.38. The van der Waals surface area contributed by atoms with Crippen LogP contribution in [0.2, 0.25) is 6.32 Å². The number of carboxylic acid groups (broad SMARTS) is 1. The van der Waals surface area contributed by atoms with E-state index in [2.05, 4.69) is 20.8 Å². The van der Waals surface area contributed by atoms with Crippen molar-refractivity contribution < 1.29 is 24.3 Å². The van der Waals surface area contributed by atoms with E-state index in [1.165, 1.54) is 6.42 Å². The van der Waals surface area contributed by atoms with Crippen molar-refractivity contribution in [3.8, 4) is 0 Å². The predicted molar refractivity (Wildman–Crippen MR) is 101 cm³/mol. The highest BCUT2D eigenvalue weighted by Gasteiger charge is 2.66. The summed E-state index contributed by atoms with van der Waals surface area (Å²) in [6.45, 7) is 12.3. The molecule has 0 aromatic carbocycles. The van der Waals surface area contributed by atoms with E-state index in [9.17, 15) is 15.0 Å². The van der Waals surface area contributed by atoms with Gasteiger partial charge in [-0.15, -0.1) is 0 Å². The Morgan fingerprint density at radius 3 is 2.54 bits per heavy atom. The van der Waals surface area contributed by atoms with Gasteiger partial charge in [-0.1, -0.05) is 46.8 Å². The monoisotopic (exact) mass is 364 g/mol. The molecule has 5 nitrogen and oxygen atoms in total. The van der Waals surface area contributed by atoms with Gasteiger partial charge in [0.1, 0.15) is 0 Å². The lowest BCUT2D eigenvalue weighted by atomic mass is 9.45. The number of aliphatic hydroxyl groups excluding tert-OH is 1. The number of hydrogen-bond donors (Lipinski definition) is 2. The van der Waals surface area contributed by atoms with Crippen LogP contribution in [0.1, 0.15) is 54.4 Å². The molecule has 6 heteroatoms. The minimum atomic E-state index is -1.03. The van der Waals surface area contributed by atoms with Crippen molar-refractivity contribution in [1.82, 2.24) is 0 Å². The van der Waals surface area contributed by atoms with Gasteiger partial charge in [-0.2, -0.15) is 0 Å². The number of rotatable bonds is 5. The molecule has 0 aromatic heterocycles. The molecule has 26 heavy (non-hydrogen) atoms. The molecular formula is C20H33BO5. The fraction of sp³-hybridized carbons (Fsp3) is 0.850. The molecule has 1 saturated heterocycles. The van der Waals surface area contributed by atoms with Crippen LogP contribution in [-0.4, -0.2) is 41.1 Å². The van der Waals surface area contributed by atoms with E-state index in [0.717, 1.165) is 6.42 Å². The summed E-state index contributed by atoms with van der Waals surface area (Å²) in [7, 11) is -0.318. The molecule has 3 aliphatic carbocycles. The van der Waals surface area contributed by atoms with Crippen LogP contribution in [-0.2, 0) is 14.1 Å². The van der Waals surface area contributed by atoms with Gasteiger partial charge in [-0.3, -0.25) is 4.79 Å². The summed E-state index contributed by atoms with van der Waals surface area (Å²) >= 11 is 0. The fourth-order valence-electron chi connectivity index (χ4n) is 5.37. The molecule has 2 unspecified atom stereocenters. The molecule has 0 aromatic rings. The lowest BCUT2D eigenvalue weighted by molar-refractivity contribution is -0.185. The van der Waals surface area contributed by atoms with Crippen molar-refractivity contribution in [3.05, 3.63) is 12.2 Å². The van der Waals surface area contributed by atoms with Crippen molar-refractivity contribution >= 4 is 13.1 Å². The first kappa shape index (κ1) is 19.9. The standard InChI is InChI=1S/C20H33BO5/c1-18(2,3)15(17(23)24)14(22)8-7-9-21-25-16-13-10-12(19(13,4)5)11-20(16,6)26-21/h7-8,12-16,22H,9-11H2,1-6H3,(H,23,24)/b8-7-/t12-,13+,14?,15?,16-,20+/m1/s1. The highest BCUT2D eigenvalue weighted by Crippen LogP contribution is 2.64. The molecule has 4 aliphatic rings. The van der Waals surface area contributed by atoms with Crippen LogP contribution in [0.15, 0.2) is 12.2 Å². The van der Waals surface area contributed by atoms with Gasteiger partial charge in [0.25, 0.3) is 0 Å². The molecule has 4 rings (SSSR count). The first-order valence-electron chi connectivity index (χ1n) is 9.77. The maximum Gasteiger partial charge on any atom is 0.461 e. The summed E-state index contributed by atoms with van der Waals surface area (Å²) in [5.41, 5.74) is -0.407. The minimum absolute atomic E-state index is 0.132. The minimum Gasteiger partial charge on any atom is -0.481 e. The first-order valence-corrected chi connectivity index (χ1v) is 9.77. The Balaban J connectivity index is 1.60. The summed E-state index contributed by atoms with van der Waals surface area (Å²) in [6.07, 6.45) is 5.26. The average molecular weight is 364 g/mol. The first-order chi connectivity index (χ1) is 11.9. The van der Waals surface area contributed by atoms with E-state index in [1.807, 2.05) is 20.8 Å². The van der Waals surface area contributed by atoms with Gasteiger partial charge in [0, 0.05) is 6.32 Å². The van der Waals surface area contributed by atoms with E-state index in [0.29, 0.717) is 23.6 Å². The van der Waals surface area contributed by atoms with Crippen LogP contribution in [0.3, 0.4) is 0 Å². The molecule has 2 bridgehead atoms. The van der Waals surface area contributed by atoms with Crippen LogP contribution < -0.4 is 0 Å². The Labute approximate surface area is 157 Å². The largest absolute Gasteiger partial charge is 0.481 e. The second kappa shape index (κ2) is 6.35. The van der Waals surface area contributed by atoms with E-state index in [4.69, 9.17) is 9.31 Å². The molecule has 3 saturated carbocycles. The van der Waals surface area contributed by atoms with Gasteiger partial charge in [0.2, 0.25) is 0 Å². The van der Waals surface area contributed by atoms with Crippen LogP contribution in [0.4, 0.5) is 0 Å². The molecule has 0 amide bonds. The molecule has 146 valence electrons. The number of aliphatic hydroxyl groups is 1. The van der Waals surface area contributed by atoms with Crippen LogP contribution in [0.5, 0.6) is 0 Å². The van der Waals surface area contributed by atoms with Gasteiger partial charge in [-0.05, 0) is 42.4 Å². The number of carboxylic acids is 1. The number of hydrogen-bond acceptors (Lipinski definition) is 4. The summed E-state index contributed by atoms with van der Waals surface area (Å²) in [4.78, 5) is 11.5. The van der Waals surface area contributed by atoms with Crippen molar-refractivity contribution in [2.24, 2.45) is 28.6 Å². The highest BCUT2D eigenvalue weighted by molar-refractivity contribution is 6.46. The third kappa shape index (κ3) is 3.25. The summed E-state index contributed by atoms with van der Waals surface area (Å²) in [5, 5.41) is 19.7. The Morgan fingerprint density at radius 2 is 2.00 bits per heavy atom. The Morgan fingerprint density at radius 1 is 1.35 bits per heavy atom. The molecule has 4 fully saturated rings. The molecule has 2 N–H and O–H groups in total. The number of carbonyl (C=O) groups is 1. The smallest absolute Gasteiger partial charge is 0.461 e. The maximum absolute atomic E-state index is 11.5. The van der Waals surface area contributed by atoms with Gasteiger partial charge >= 0.3 is 13.1 Å². The summed E-state index contributed by atoms with van der Waals surface area (Å²) in [5.74, 6) is -0.583. The lowest BCUT2D eigenvalue weighted by Crippen LogP contribution is -2.63. The second-order valence-electron chi connectivity index (χ2n) is 10.3. The SMILES string of the molecule is CC(C)(C)C(C(=O)O)C(O)/C=C\CB1O[C@@H]2[C@@H]3C[C@H](C[C@]2(C)O1)C3(C)C. The van der Waals surface area contributed by atoms with E-state index >= 15 is 0 Å². The van der Waals surface area contributed by atoms with Crippen LogP contribution in [0, 0.1) is 28.6 Å². The fourth-order valence-corrected chi connectivity index (χ4v) is 5.37. The van der Waals surface area contributed by atoms with Crippen molar-refractivity contribution in [3.63, 3.8) is 0 Å². The van der Waals surface area contributed by atoms with Gasteiger partial charge < -0.3 is 19.5 Å². The Kier molecular flexibility index (Phi) is 4.86. The van der Waals surface area contributed by atoms with Gasteiger partial charge in [0.15, 0.2) is 0 Å². The second-order valence-corrected chi connectivity index (χ2v) is 10.3. The zero-order valence-electron chi connectivity index (χ0n) is 16.9. The highest BCUT2D eigenvalue weighted by atomic mass is 16.7. The topological polar surface area (TPSA) is 76.0 Å². The number of allylic oxidation sites excluding steroid dienone is 1.